The SMILES string of the molecule is Cc1ccc(Cn2c(=O)c(N3CCCC(C(=O)Nc4cccc(C)c4)C3)nc3cccnc32)cc1. The molecule has 2 aromatic carbocycles. The van der Waals surface area contributed by atoms with Gasteiger partial charge in [-0.1, -0.05) is 42.0 Å². The Morgan fingerprint density at radius 3 is 2.69 bits per heavy atom. The Morgan fingerprint density at radius 1 is 1.06 bits per heavy atom. The normalized spacial score (nSPS) is 15.8. The summed E-state index contributed by atoms with van der Waals surface area (Å²) < 4.78 is 1.69. The average Bonchev–Trinajstić information content (AvgIpc) is 2.87. The van der Waals surface area contributed by atoms with E-state index in [-0.39, 0.29) is 17.4 Å². The Morgan fingerprint density at radius 2 is 1.89 bits per heavy atom. The largest absolute Gasteiger partial charge is 0.351 e. The third kappa shape index (κ3) is 4.94. The molecule has 0 saturated carbocycles. The number of aryl methyl sites for hydroxylation is 2. The molecule has 1 atom stereocenters. The van der Waals surface area contributed by atoms with Gasteiger partial charge in [-0.15, -0.1) is 0 Å². The molecule has 1 amide bonds. The van der Waals surface area contributed by atoms with Crippen molar-refractivity contribution in [2.45, 2.75) is 33.2 Å². The molecule has 5 rings (SSSR count). The van der Waals surface area contributed by atoms with Gasteiger partial charge in [-0.2, -0.15) is 0 Å². The summed E-state index contributed by atoms with van der Waals surface area (Å²) in [5.74, 6) is 0.133. The van der Waals surface area contributed by atoms with Crippen molar-refractivity contribution in [2.24, 2.45) is 5.92 Å². The van der Waals surface area contributed by atoms with Crippen LogP contribution in [0.1, 0.15) is 29.5 Å². The number of pyridine rings is 1. The van der Waals surface area contributed by atoms with Crippen LogP contribution in [0.5, 0.6) is 0 Å². The van der Waals surface area contributed by atoms with Crippen LogP contribution in [-0.2, 0) is 11.3 Å². The molecular formula is C28H29N5O2. The van der Waals surface area contributed by atoms with Gasteiger partial charge < -0.3 is 10.2 Å². The van der Waals surface area contributed by atoms with Crippen molar-refractivity contribution < 1.29 is 4.79 Å². The molecule has 2 aromatic heterocycles. The van der Waals surface area contributed by atoms with Gasteiger partial charge in [0.15, 0.2) is 11.5 Å². The van der Waals surface area contributed by atoms with Crippen LogP contribution in [0, 0.1) is 19.8 Å². The van der Waals surface area contributed by atoms with E-state index in [2.05, 4.69) is 10.3 Å². The number of carbonyl (C=O) groups excluding carboxylic acids is 1. The molecule has 0 bridgehead atoms. The predicted molar refractivity (Wildman–Crippen MR) is 139 cm³/mol. The molecule has 1 fully saturated rings. The van der Waals surface area contributed by atoms with Gasteiger partial charge in [-0.25, -0.2) is 9.97 Å². The molecule has 7 heteroatoms. The highest BCUT2D eigenvalue weighted by molar-refractivity contribution is 5.93. The van der Waals surface area contributed by atoms with Crippen LogP contribution in [0.25, 0.3) is 11.2 Å². The summed E-state index contributed by atoms with van der Waals surface area (Å²) in [6.07, 6.45) is 3.28. The first-order valence-corrected chi connectivity index (χ1v) is 12.0. The number of rotatable bonds is 5. The van der Waals surface area contributed by atoms with E-state index >= 15 is 0 Å². The molecule has 0 spiro atoms. The highest BCUT2D eigenvalue weighted by Gasteiger charge is 2.29. The van der Waals surface area contributed by atoms with Gasteiger partial charge in [0.25, 0.3) is 5.56 Å². The number of aromatic nitrogens is 3. The quantitative estimate of drug-likeness (QED) is 0.473. The van der Waals surface area contributed by atoms with Crippen LogP contribution >= 0.6 is 0 Å². The highest BCUT2D eigenvalue weighted by Crippen LogP contribution is 2.23. The van der Waals surface area contributed by atoms with Crippen molar-refractivity contribution >= 4 is 28.6 Å². The Hall–Kier alpha value is -4.00. The molecular weight excluding hydrogens is 438 g/mol. The molecule has 1 saturated heterocycles. The summed E-state index contributed by atoms with van der Waals surface area (Å²) in [5, 5.41) is 3.04. The minimum atomic E-state index is -0.222. The zero-order valence-corrected chi connectivity index (χ0v) is 20.1. The van der Waals surface area contributed by atoms with E-state index in [0.29, 0.717) is 36.6 Å². The lowest BCUT2D eigenvalue weighted by molar-refractivity contribution is -0.120. The van der Waals surface area contributed by atoms with Gasteiger partial charge in [0, 0.05) is 25.0 Å². The Balaban J connectivity index is 1.44. The summed E-state index contributed by atoms with van der Waals surface area (Å²) in [6, 6.07) is 19.6. The molecule has 3 heterocycles. The molecule has 1 aliphatic rings. The summed E-state index contributed by atoms with van der Waals surface area (Å²) >= 11 is 0. The van der Waals surface area contributed by atoms with Crippen LogP contribution in [-0.4, -0.2) is 33.5 Å². The second kappa shape index (κ2) is 9.70. The monoisotopic (exact) mass is 467 g/mol. The minimum absolute atomic E-state index is 0.0252. The van der Waals surface area contributed by atoms with E-state index in [0.717, 1.165) is 29.7 Å². The van der Waals surface area contributed by atoms with Crippen LogP contribution in [0.3, 0.4) is 0 Å². The average molecular weight is 468 g/mol. The second-order valence-corrected chi connectivity index (χ2v) is 9.30. The number of nitrogens with zero attached hydrogens (tertiary/aromatic N) is 4. The van der Waals surface area contributed by atoms with Crippen LogP contribution in [0.4, 0.5) is 11.5 Å². The van der Waals surface area contributed by atoms with Crippen molar-refractivity contribution in [1.82, 2.24) is 14.5 Å². The molecule has 35 heavy (non-hydrogen) atoms. The maximum Gasteiger partial charge on any atom is 0.295 e. The van der Waals surface area contributed by atoms with Crippen LogP contribution in [0.2, 0.25) is 0 Å². The molecule has 178 valence electrons. The lowest BCUT2D eigenvalue weighted by Gasteiger charge is -2.32. The highest BCUT2D eigenvalue weighted by atomic mass is 16.2. The Labute approximate surface area is 204 Å². The van der Waals surface area contributed by atoms with E-state index in [9.17, 15) is 9.59 Å². The fourth-order valence-electron chi connectivity index (χ4n) is 4.64. The van der Waals surface area contributed by atoms with Crippen molar-refractivity contribution in [3.63, 3.8) is 0 Å². The number of benzene rings is 2. The van der Waals surface area contributed by atoms with Gasteiger partial charge in [0.05, 0.1) is 12.5 Å². The van der Waals surface area contributed by atoms with Crippen molar-refractivity contribution in [2.75, 3.05) is 23.3 Å². The zero-order valence-electron chi connectivity index (χ0n) is 20.1. The summed E-state index contributed by atoms with van der Waals surface area (Å²) in [4.78, 5) is 37.8. The molecule has 4 aromatic rings. The van der Waals surface area contributed by atoms with Crippen molar-refractivity contribution in [3.8, 4) is 0 Å². The van der Waals surface area contributed by atoms with E-state index in [1.54, 1.807) is 10.8 Å². The lowest BCUT2D eigenvalue weighted by Crippen LogP contribution is -2.44. The van der Waals surface area contributed by atoms with Gasteiger partial charge >= 0.3 is 0 Å². The first kappa shape index (κ1) is 22.8. The van der Waals surface area contributed by atoms with E-state index < -0.39 is 0 Å². The zero-order chi connectivity index (χ0) is 24.4. The number of piperidine rings is 1. The Kier molecular flexibility index (Phi) is 6.31. The Bertz CT molecular complexity index is 1430. The van der Waals surface area contributed by atoms with E-state index in [1.807, 2.05) is 79.4 Å². The number of carbonyl (C=O) groups is 1. The molecule has 1 N–H and O–H groups in total. The topological polar surface area (TPSA) is 80.1 Å². The second-order valence-electron chi connectivity index (χ2n) is 9.30. The summed E-state index contributed by atoms with van der Waals surface area (Å²) in [6.45, 7) is 5.59. The summed E-state index contributed by atoms with van der Waals surface area (Å²) in [5.41, 5.74) is 5.13. The van der Waals surface area contributed by atoms with Crippen LogP contribution < -0.4 is 15.8 Å². The van der Waals surface area contributed by atoms with Gasteiger partial charge in [0.2, 0.25) is 5.91 Å². The van der Waals surface area contributed by atoms with Crippen molar-refractivity contribution in [3.05, 3.63) is 93.9 Å². The third-order valence-electron chi connectivity index (χ3n) is 6.52. The first-order chi connectivity index (χ1) is 17.0. The number of nitrogens with one attached hydrogen (secondary N) is 1. The maximum atomic E-state index is 13.7. The summed E-state index contributed by atoms with van der Waals surface area (Å²) in [7, 11) is 0. The molecule has 1 aliphatic heterocycles. The molecule has 0 aliphatic carbocycles. The van der Waals surface area contributed by atoms with Gasteiger partial charge in [-0.05, 0) is 62.1 Å². The number of anilines is 2. The fraction of sp³-hybridized carbons (Fsp3) is 0.286. The standard InChI is InChI=1S/C28H29N5O2/c1-19-10-12-21(13-11-19)17-33-25-24(9-4-14-29-25)31-26(28(33)35)32-15-5-7-22(18-32)27(34)30-23-8-3-6-20(2)16-23/h3-4,6,8-14,16,22H,5,7,15,17-18H2,1-2H3,(H,30,34). The third-order valence-corrected chi connectivity index (χ3v) is 6.52. The predicted octanol–water partition coefficient (Wildman–Crippen LogP) is 4.31. The van der Waals surface area contributed by atoms with Gasteiger partial charge in [-0.3, -0.25) is 14.2 Å². The van der Waals surface area contributed by atoms with E-state index in [1.165, 1.54) is 5.56 Å². The number of hydrogen-bond donors (Lipinski definition) is 1. The molecule has 0 radical (unpaired) electrons. The lowest BCUT2D eigenvalue weighted by atomic mass is 9.97. The number of hydrogen-bond acceptors (Lipinski definition) is 5. The van der Waals surface area contributed by atoms with E-state index in [4.69, 9.17) is 4.98 Å². The molecule has 1 unspecified atom stereocenters. The number of amides is 1. The maximum absolute atomic E-state index is 13.7. The first-order valence-electron chi connectivity index (χ1n) is 12.0. The number of fused-ring (bicyclic) bond motifs is 1. The fourth-order valence-corrected chi connectivity index (χ4v) is 4.64. The van der Waals surface area contributed by atoms with Gasteiger partial charge in [0.1, 0.15) is 5.52 Å². The van der Waals surface area contributed by atoms with Crippen molar-refractivity contribution in [1.29, 1.82) is 0 Å². The van der Waals surface area contributed by atoms with Crippen LogP contribution in [0.15, 0.2) is 71.7 Å². The molecule has 7 nitrogen and oxygen atoms in total. The smallest absolute Gasteiger partial charge is 0.295 e. The minimum Gasteiger partial charge on any atom is -0.351 e.